The predicted octanol–water partition coefficient (Wildman–Crippen LogP) is 1.50. The summed E-state index contributed by atoms with van der Waals surface area (Å²) in [6, 6.07) is 4.85. The van der Waals surface area contributed by atoms with Crippen LogP contribution in [0.5, 0.6) is 0 Å². The van der Waals surface area contributed by atoms with Gasteiger partial charge in [-0.05, 0) is 17.5 Å². The summed E-state index contributed by atoms with van der Waals surface area (Å²) in [5.41, 5.74) is 7.51. The molecule has 0 aromatic heterocycles. The third-order valence-corrected chi connectivity index (χ3v) is 3.50. The molecule has 6 nitrogen and oxygen atoms in total. The summed E-state index contributed by atoms with van der Waals surface area (Å²) < 4.78 is 0. The third-order valence-electron chi connectivity index (χ3n) is 3.50. The zero-order valence-electron chi connectivity index (χ0n) is 11.2. The van der Waals surface area contributed by atoms with Crippen molar-refractivity contribution < 1.29 is 9.72 Å². The van der Waals surface area contributed by atoms with E-state index < -0.39 is 4.92 Å². The SMILES string of the molecule is CC(CN)C(=O)N1CCc2ccc([N+](=O)[O-])cc2C1.Cl. The van der Waals surface area contributed by atoms with Crippen LogP contribution >= 0.6 is 12.4 Å². The minimum absolute atomic E-state index is 0. The summed E-state index contributed by atoms with van der Waals surface area (Å²) in [4.78, 5) is 24.1. The number of nitro benzene ring substituents is 1. The van der Waals surface area contributed by atoms with Crippen LogP contribution in [0.3, 0.4) is 0 Å². The van der Waals surface area contributed by atoms with E-state index in [1.54, 1.807) is 24.0 Å². The monoisotopic (exact) mass is 299 g/mol. The van der Waals surface area contributed by atoms with Gasteiger partial charge in [-0.15, -0.1) is 12.4 Å². The number of nitrogens with zero attached hydrogens (tertiary/aromatic N) is 2. The molecule has 1 heterocycles. The Morgan fingerprint density at radius 2 is 2.20 bits per heavy atom. The molecule has 0 bridgehead atoms. The Hall–Kier alpha value is -1.66. The van der Waals surface area contributed by atoms with E-state index in [1.807, 2.05) is 0 Å². The summed E-state index contributed by atoms with van der Waals surface area (Å²) in [5.74, 6) is -0.195. The van der Waals surface area contributed by atoms with Crippen molar-refractivity contribution in [3.63, 3.8) is 0 Å². The van der Waals surface area contributed by atoms with E-state index in [4.69, 9.17) is 5.73 Å². The molecular weight excluding hydrogens is 282 g/mol. The van der Waals surface area contributed by atoms with Crippen LogP contribution in [0.15, 0.2) is 18.2 Å². The van der Waals surface area contributed by atoms with E-state index in [2.05, 4.69) is 0 Å². The molecule has 1 aromatic rings. The molecule has 1 atom stereocenters. The number of amides is 1. The number of nitro groups is 1. The molecule has 0 aliphatic carbocycles. The molecule has 0 saturated heterocycles. The molecule has 0 radical (unpaired) electrons. The van der Waals surface area contributed by atoms with Crippen molar-refractivity contribution in [2.24, 2.45) is 11.7 Å². The molecule has 0 spiro atoms. The Labute approximate surface area is 123 Å². The van der Waals surface area contributed by atoms with Gasteiger partial charge in [0.1, 0.15) is 0 Å². The number of non-ortho nitro benzene ring substituents is 1. The van der Waals surface area contributed by atoms with E-state index in [0.29, 0.717) is 19.6 Å². The van der Waals surface area contributed by atoms with E-state index in [1.165, 1.54) is 6.07 Å². The summed E-state index contributed by atoms with van der Waals surface area (Å²) in [6.07, 6.45) is 0.732. The van der Waals surface area contributed by atoms with Crippen molar-refractivity contribution in [2.75, 3.05) is 13.1 Å². The molecule has 0 saturated carbocycles. The summed E-state index contributed by atoms with van der Waals surface area (Å²) >= 11 is 0. The maximum atomic E-state index is 12.1. The van der Waals surface area contributed by atoms with Gasteiger partial charge in [0.2, 0.25) is 5.91 Å². The standard InChI is InChI=1S/C13H17N3O3.ClH/c1-9(7-14)13(17)15-5-4-10-2-3-12(16(18)19)6-11(10)8-15;/h2-3,6,9H,4-5,7-8,14H2,1H3;1H. The van der Waals surface area contributed by atoms with E-state index in [9.17, 15) is 14.9 Å². The molecule has 1 unspecified atom stereocenters. The first-order valence-electron chi connectivity index (χ1n) is 6.28. The molecule has 7 heteroatoms. The Kier molecular flexibility index (Phi) is 5.47. The van der Waals surface area contributed by atoms with Crippen LogP contribution in [0.4, 0.5) is 5.69 Å². The lowest BCUT2D eigenvalue weighted by Gasteiger charge is -2.30. The minimum atomic E-state index is -0.413. The zero-order valence-corrected chi connectivity index (χ0v) is 12.1. The van der Waals surface area contributed by atoms with Gasteiger partial charge < -0.3 is 10.6 Å². The van der Waals surface area contributed by atoms with Gasteiger partial charge >= 0.3 is 0 Å². The lowest BCUT2D eigenvalue weighted by atomic mass is 9.98. The van der Waals surface area contributed by atoms with Crippen LogP contribution in [0.1, 0.15) is 18.1 Å². The second-order valence-electron chi connectivity index (χ2n) is 4.86. The number of halogens is 1. The number of carbonyl (C=O) groups is 1. The topological polar surface area (TPSA) is 89.5 Å². The minimum Gasteiger partial charge on any atom is -0.338 e. The Morgan fingerprint density at radius 3 is 2.80 bits per heavy atom. The first-order valence-corrected chi connectivity index (χ1v) is 6.28. The molecule has 1 aromatic carbocycles. The predicted molar refractivity (Wildman–Crippen MR) is 77.7 cm³/mol. The average molecular weight is 300 g/mol. The van der Waals surface area contributed by atoms with Gasteiger partial charge in [-0.25, -0.2) is 0 Å². The molecule has 1 amide bonds. The van der Waals surface area contributed by atoms with Gasteiger partial charge in [0.05, 0.1) is 4.92 Å². The fourth-order valence-corrected chi connectivity index (χ4v) is 2.26. The van der Waals surface area contributed by atoms with Crippen LogP contribution in [0, 0.1) is 16.0 Å². The van der Waals surface area contributed by atoms with Crippen LogP contribution in [-0.4, -0.2) is 28.8 Å². The number of hydrogen-bond donors (Lipinski definition) is 1. The maximum Gasteiger partial charge on any atom is 0.269 e. The number of rotatable bonds is 3. The molecule has 1 aliphatic rings. The highest BCUT2D eigenvalue weighted by Gasteiger charge is 2.25. The van der Waals surface area contributed by atoms with Crippen molar-refractivity contribution in [1.29, 1.82) is 0 Å². The Balaban J connectivity index is 0.00000200. The Morgan fingerprint density at radius 1 is 1.50 bits per heavy atom. The van der Waals surface area contributed by atoms with Gasteiger partial charge in [0.25, 0.3) is 5.69 Å². The average Bonchev–Trinajstić information content (AvgIpc) is 2.44. The fourth-order valence-electron chi connectivity index (χ4n) is 2.26. The third kappa shape index (κ3) is 3.26. The van der Waals surface area contributed by atoms with E-state index in [0.717, 1.165) is 17.5 Å². The largest absolute Gasteiger partial charge is 0.338 e. The summed E-state index contributed by atoms with van der Waals surface area (Å²) in [5, 5.41) is 10.8. The van der Waals surface area contributed by atoms with Crippen LogP contribution in [-0.2, 0) is 17.8 Å². The molecule has 1 aliphatic heterocycles. The van der Waals surface area contributed by atoms with Gasteiger partial charge in [-0.2, -0.15) is 0 Å². The van der Waals surface area contributed by atoms with Gasteiger partial charge in [-0.3, -0.25) is 14.9 Å². The molecule has 2 rings (SSSR count). The first kappa shape index (κ1) is 16.4. The van der Waals surface area contributed by atoms with Crippen molar-refractivity contribution in [3.8, 4) is 0 Å². The van der Waals surface area contributed by atoms with Crippen LogP contribution < -0.4 is 5.73 Å². The lowest BCUT2D eigenvalue weighted by molar-refractivity contribution is -0.385. The fraction of sp³-hybridized carbons (Fsp3) is 0.462. The Bertz CT molecular complexity index is 522. The second-order valence-corrected chi connectivity index (χ2v) is 4.86. The first-order chi connectivity index (χ1) is 9.02. The number of benzene rings is 1. The molecule has 0 fully saturated rings. The molecule has 20 heavy (non-hydrogen) atoms. The van der Waals surface area contributed by atoms with E-state index >= 15 is 0 Å². The van der Waals surface area contributed by atoms with Gasteiger partial charge in [0, 0.05) is 37.7 Å². The van der Waals surface area contributed by atoms with E-state index in [-0.39, 0.29) is 29.9 Å². The second kappa shape index (κ2) is 6.67. The number of carbonyl (C=O) groups excluding carboxylic acids is 1. The maximum absolute atomic E-state index is 12.1. The van der Waals surface area contributed by atoms with Crippen LogP contribution in [0.25, 0.3) is 0 Å². The number of hydrogen-bond acceptors (Lipinski definition) is 4. The van der Waals surface area contributed by atoms with Gasteiger partial charge in [0.15, 0.2) is 0 Å². The number of nitrogens with two attached hydrogens (primary N) is 1. The van der Waals surface area contributed by atoms with Gasteiger partial charge in [-0.1, -0.05) is 13.0 Å². The highest BCUT2D eigenvalue weighted by molar-refractivity contribution is 5.85. The number of fused-ring (bicyclic) bond motifs is 1. The normalized spacial score (nSPS) is 15.0. The van der Waals surface area contributed by atoms with Crippen LogP contribution in [0.2, 0.25) is 0 Å². The lowest BCUT2D eigenvalue weighted by Crippen LogP contribution is -2.41. The molecule has 2 N–H and O–H groups in total. The summed E-state index contributed by atoms with van der Waals surface area (Å²) in [6.45, 7) is 3.19. The smallest absolute Gasteiger partial charge is 0.269 e. The van der Waals surface area contributed by atoms with Crippen molar-refractivity contribution in [2.45, 2.75) is 19.9 Å². The zero-order chi connectivity index (χ0) is 14.0. The highest BCUT2D eigenvalue weighted by atomic mass is 35.5. The van der Waals surface area contributed by atoms with Crippen molar-refractivity contribution in [3.05, 3.63) is 39.4 Å². The van der Waals surface area contributed by atoms with Crippen molar-refractivity contribution >= 4 is 24.0 Å². The quantitative estimate of drug-likeness (QED) is 0.676. The summed E-state index contributed by atoms with van der Waals surface area (Å²) in [7, 11) is 0. The molecular formula is C13H18ClN3O3. The molecule has 110 valence electrons. The highest BCUT2D eigenvalue weighted by Crippen LogP contribution is 2.24. The van der Waals surface area contributed by atoms with Crippen molar-refractivity contribution in [1.82, 2.24) is 4.90 Å².